The maximum Gasteiger partial charge on any atom is 0.446 e. The van der Waals surface area contributed by atoms with E-state index >= 15 is 0 Å². The van der Waals surface area contributed by atoms with Crippen molar-refractivity contribution in [3.8, 4) is 5.75 Å². The smallest absolute Gasteiger partial charge is 0.446 e. The van der Waals surface area contributed by atoms with E-state index in [1.54, 1.807) is 0 Å². The summed E-state index contributed by atoms with van der Waals surface area (Å²) in [5.74, 6) is -2.01. The number of carboxylic acids is 1. The Hall–Kier alpha value is -1.31. The molecule has 16 heavy (non-hydrogen) atoms. The molecule has 0 aliphatic heterocycles. The summed E-state index contributed by atoms with van der Waals surface area (Å²) < 4.78 is 33.8. The number of hydrogen-bond donors (Lipinski definition) is 2. The number of benzene rings is 1. The summed E-state index contributed by atoms with van der Waals surface area (Å²) in [7, 11) is -4.79. The van der Waals surface area contributed by atoms with Crippen LogP contribution < -0.4 is 4.18 Å². The zero-order valence-corrected chi connectivity index (χ0v) is 9.33. The molecule has 0 saturated carbocycles. The van der Waals surface area contributed by atoms with Crippen LogP contribution in [0.5, 0.6) is 5.75 Å². The van der Waals surface area contributed by atoms with Crippen molar-refractivity contribution < 1.29 is 27.1 Å². The summed E-state index contributed by atoms with van der Waals surface area (Å²) in [5, 5.41) is 8.78. The molecule has 0 bridgehead atoms. The summed E-state index contributed by atoms with van der Waals surface area (Å²) >= 11 is 5.49. The minimum atomic E-state index is -4.79. The van der Waals surface area contributed by atoms with Gasteiger partial charge >= 0.3 is 16.4 Å². The fraction of sp³-hybridized carbons (Fsp3) is 0.125. The standard InChI is InChI=1S/C8H7ClO6S/c9-4-5-2-1-3-6(8(10)11)7(5)15-16(12,13)14/h1-3H,4H2,(H,10,11)(H,12,13,14). The molecule has 0 aliphatic rings. The first kappa shape index (κ1) is 12.8. The van der Waals surface area contributed by atoms with Gasteiger partial charge in [-0.25, -0.2) is 4.79 Å². The molecule has 0 amide bonds. The van der Waals surface area contributed by atoms with Gasteiger partial charge in [-0.05, 0) is 6.07 Å². The summed E-state index contributed by atoms with van der Waals surface area (Å²) in [4.78, 5) is 10.8. The highest BCUT2D eigenvalue weighted by Gasteiger charge is 2.19. The van der Waals surface area contributed by atoms with Gasteiger partial charge in [0.25, 0.3) is 0 Å². The number of hydrogen-bond acceptors (Lipinski definition) is 4. The first-order valence-corrected chi connectivity index (χ1v) is 5.83. The van der Waals surface area contributed by atoms with Crippen LogP contribution in [0.3, 0.4) is 0 Å². The molecule has 1 aromatic rings. The van der Waals surface area contributed by atoms with Crippen molar-refractivity contribution in [3.05, 3.63) is 29.3 Å². The third kappa shape index (κ3) is 3.09. The molecule has 0 radical (unpaired) electrons. The molecule has 2 N–H and O–H groups in total. The van der Waals surface area contributed by atoms with Gasteiger partial charge in [0.05, 0.1) is 5.88 Å². The summed E-state index contributed by atoms with van der Waals surface area (Å²) in [6, 6.07) is 3.91. The second-order valence-corrected chi connectivity index (χ2v) is 4.03. The quantitative estimate of drug-likeness (QED) is 0.629. The highest BCUT2D eigenvalue weighted by atomic mass is 35.5. The van der Waals surface area contributed by atoms with Crippen LogP contribution in [0.2, 0.25) is 0 Å². The van der Waals surface area contributed by atoms with E-state index in [1.807, 2.05) is 0 Å². The topological polar surface area (TPSA) is 101 Å². The lowest BCUT2D eigenvalue weighted by atomic mass is 10.1. The summed E-state index contributed by atoms with van der Waals surface area (Å²) in [6.45, 7) is 0. The maximum atomic E-state index is 10.8. The molecule has 0 atom stereocenters. The van der Waals surface area contributed by atoms with E-state index in [0.717, 1.165) is 6.07 Å². The fourth-order valence-electron chi connectivity index (χ4n) is 1.06. The van der Waals surface area contributed by atoms with Gasteiger partial charge in [-0.1, -0.05) is 12.1 Å². The van der Waals surface area contributed by atoms with E-state index in [0.29, 0.717) is 0 Å². The number of rotatable bonds is 4. The highest BCUT2D eigenvalue weighted by Crippen LogP contribution is 2.26. The Morgan fingerprint density at radius 3 is 2.50 bits per heavy atom. The van der Waals surface area contributed by atoms with Crippen LogP contribution in [0, 0.1) is 0 Å². The van der Waals surface area contributed by atoms with Crippen LogP contribution in [0.4, 0.5) is 0 Å². The van der Waals surface area contributed by atoms with E-state index in [4.69, 9.17) is 21.3 Å². The fourth-order valence-corrected chi connectivity index (χ4v) is 1.68. The highest BCUT2D eigenvalue weighted by molar-refractivity contribution is 7.81. The van der Waals surface area contributed by atoms with Crippen LogP contribution in [-0.2, 0) is 16.3 Å². The Balaban J connectivity index is 3.36. The van der Waals surface area contributed by atoms with Gasteiger partial charge in [0.1, 0.15) is 5.56 Å². The molecule has 0 fully saturated rings. The van der Waals surface area contributed by atoms with Crippen LogP contribution in [0.25, 0.3) is 0 Å². The third-order valence-electron chi connectivity index (χ3n) is 1.66. The summed E-state index contributed by atoms with van der Waals surface area (Å²) in [6.07, 6.45) is 0. The average Bonchev–Trinajstić information content (AvgIpc) is 2.15. The van der Waals surface area contributed by atoms with Crippen LogP contribution in [0.1, 0.15) is 15.9 Å². The van der Waals surface area contributed by atoms with Crippen molar-refractivity contribution in [2.75, 3.05) is 0 Å². The Morgan fingerprint density at radius 2 is 2.06 bits per heavy atom. The van der Waals surface area contributed by atoms with E-state index in [1.165, 1.54) is 12.1 Å². The molecule has 6 nitrogen and oxygen atoms in total. The Bertz CT molecular complexity index is 509. The van der Waals surface area contributed by atoms with Crippen molar-refractivity contribution in [1.29, 1.82) is 0 Å². The lowest BCUT2D eigenvalue weighted by Gasteiger charge is -2.09. The van der Waals surface area contributed by atoms with Gasteiger partial charge in [-0.3, -0.25) is 4.55 Å². The van der Waals surface area contributed by atoms with Crippen LogP contribution in [-0.4, -0.2) is 24.0 Å². The third-order valence-corrected chi connectivity index (χ3v) is 2.32. The first-order chi connectivity index (χ1) is 7.35. The molecule has 1 rings (SSSR count). The largest absolute Gasteiger partial charge is 0.478 e. The second-order valence-electron chi connectivity index (χ2n) is 2.74. The predicted octanol–water partition coefficient (Wildman–Crippen LogP) is 1.31. The molecule has 0 aliphatic carbocycles. The maximum absolute atomic E-state index is 10.8. The SMILES string of the molecule is O=C(O)c1cccc(CCl)c1OS(=O)(=O)O. The molecule has 1 aromatic carbocycles. The van der Waals surface area contributed by atoms with E-state index in [9.17, 15) is 13.2 Å². The lowest BCUT2D eigenvalue weighted by Crippen LogP contribution is -2.12. The Kier molecular flexibility index (Phi) is 3.74. The van der Waals surface area contributed by atoms with Crippen molar-refractivity contribution in [1.82, 2.24) is 0 Å². The molecule has 0 aromatic heterocycles. The van der Waals surface area contributed by atoms with Crippen molar-refractivity contribution in [2.24, 2.45) is 0 Å². The normalized spacial score (nSPS) is 11.1. The summed E-state index contributed by atoms with van der Waals surface area (Å²) in [5.41, 5.74) is -0.241. The Morgan fingerprint density at radius 1 is 1.44 bits per heavy atom. The number of aromatic carboxylic acids is 1. The zero-order chi connectivity index (χ0) is 12.3. The van der Waals surface area contributed by atoms with Gasteiger partial charge in [0, 0.05) is 5.56 Å². The van der Waals surface area contributed by atoms with E-state index in [-0.39, 0.29) is 11.4 Å². The lowest BCUT2D eigenvalue weighted by molar-refractivity contribution is 0.0695. The van der Waals surface area contributed by atoms with Gasteiger partial charge in [-0.2, -0.15) is 8.42 Å². The van der Waals surface area contributed by atoms with Crippen molar-refractivity contribution in [3.63, 3.8) is 0 Å². The molecule has 0 saturated heterocycles. The second kappa shape index (κ2) is 4.69. The molecule has 0 heterocycles. The molecule has 8 heteroatoms. The van der Waals surface area contributed by atoms with Gasteiger partial charge in [-0.15, -0.1) is 11.6 Å². The van der Waals surface area contributed by atoms with E-state index in [2.05, 4.69) is 4.18 Å². The van der Waals surface area contributed by atoms with E-state index < -0.39 is 27.7 Å². The van der Waals surface area contributed by atoms with Gasteiger partial charge in [0.2, 0.25) is 0 Å². The monoisotopic (exact) mass is 266 g/mol. The molecule has 0 unspecified atom stereocenters. The van der Waals surface area contributed by atoms with Crippen LogP contribution in [0.15, 0.2) is 18.2 Å². The van der Waals surface area contributed by atoms with Crippen molar-refractivity contribution in [2.45, 2.75) is 5.88 Å². The molecule has 88 valence electrons. The number of carboxylic acid groups (broad SMARTS) is 1. The van der Waals surface area contributed by atoms with Gasteiger partial charge < -0.3 is 9.29 Å². The Labute approximate surface area is 96.4 Å². The molecular weight excluding hydrogens is 260 g/mol. The number of carbonyl (C=O) groups is 1. The van der Waals surface area contributed by atoms with Crippen molar-refractivity contribution >= 4 is 28.0 Å². The van der Waals surface area contributed by atoms with Gasteiger partial charge in [0.15, 0.2) is 5.75 Å². The molecule has 0 spiro atoms. The average molecular weight is 267 g/mol. The van der Waals surface area contributed by atoms with Crippen LogP contribution >= 0.6 is 11.6 Å². The number of halogens is 1. The predicted molar refractivity (Wildman–Crippen MR) is 55.1 cm³/mol. The minimum absolute atomic E-state index is 0.147. The zero-order valence-electron chi connectivity index (χ0n) is 7.75. The number of para-hydroxylation sites is 1. The molecular formula is C8H7ClO6S. The number of alkyl halides is 1. The minimum Gasteiger partial charge on any atom is -0.478 e. The first-order valence-electron chi connectivity index (χ1n) is 3.93.